The van der Waals surface area contributed by atoms with Crippen molar-refractivity contribution in [3.63, 3.8) is 0 Å². The van der Waals surface area contributed by atoms with E-state index in [1.54, 1.807) is 13.0 Å². The van der Waals surface area contributed by atoms with Crippen LogP contribution >= 0.6 is 0 Å². The second-order valence-electron chi connectivity index (χ2n) is 8.12. The monoisotopic (exact) mass is 414 g/mol. The predicted octanol–water partition coefficient (Wildman–Crippen LogP) is 2.10. The number of aliphatic carboxylic acids is 1. The molecular weight excluding hydrogens is 386 g/mol. The Morgan fingerprint density at radius 3 is 2.57 bits per heavy atom. The van der Waals surface area contributed by atoms with Gasteiger partial charge in [-0.05, 0) is 81.0 Å². The molecule has 0 unspecified atom stereocenters. The van der Waals surface area contributed by atoms with Gasteiger partial charge in [-0.1, -0.05) is 6.92 Å². The molecule has 1 fully saturated rings. The van der Waals surface area contributed by atoms with E-state index in [-0.39, 0.29) is 17.7 Å². The van der Waals surface area contributed by atoms with Crippen LogP contribution < -0.4 is 20.8 Å². The van der Waals surface area contributed by atoms with E-state index in [1.165, 1.54) is 6.07 Å². The van der Waals surface area contributed by atoms with Crippen molar-refractivity contribution in [3.8, 4) is 5.75 Å². The molecule has 0 aliphatic heterocycles. The van der Waals surface area contributed by atoms with Gasteiger partial charge in [0.1, 0.15) is 11.3 Å². The van der Waals surface area contributed by atoms with Gasteiger partial charge >= 0.3 is 5.63 Å². The summed E-state index contributed by atoms with van der Waals surface area (Å²) in [4.78, 5) is 35.3. The average Bonchev–Trinajstić information content (AvgIpc) is 2.70. The second kappa shape index (κ2) is 9.32. The van der Waals surface area contributed by atoms with Gasteiger partial charge in [-0.2, -0.15) is 0 Å². The molecule has 1 saturated carbocycles. The van der Waals surface area contributed by atoms with Crippen LogP contribution in [0.1, 0.15) is 50.7 Å². The van der Waals surface area contributed by atoms with Crippen LogP contribution in [0.25, 0.3) is 11.0 Å². The molecule has 0 radical (unpaired) electrons. The number of hydrogen-bond acceptors (Lipinski definition) is 6. The van der Waals surface area contributed by atoms with Gasteiger partial charge in [0, 0.05) is 18.6 Å². The molecule has 0 saturated heterocycles. The van der Waals surface area contributed by atoms with E-state index in [4.69, 9.17) is 9.15 Å². The number of fused-ring (bicyclic) bond motifs is 1. The topological polar surface area (TPSA) is 109 Å². The molecule has 1 aliphatic carbocycles. The third kappa shape index (κ3) is 5.01. The molecule has 7 nitrogen and oxygen atoms in total. The van der Waals surface area contributed by atoms with E-state index in [2.05, 4.69) is 5.32 Å². The highest BCUT2D eigenvalue weighted by atomic mass is 16.5. The number of hydrogen-bond donors (Lipinski definition) is 1. The predicted molar refractivity (Wildman–Crippen MR) is 110 cm³/mol. The van der Waals surface area contributed by atoms with Crippen molar-refractivity contribution < 1.29 is 23.8 Å². The first kappa shape index (κ1) is 21.9. The normalized spacial score (nSPS) is 20.0. The van der Waals surface area contributed by atoms with Crippen molar-refractivity contribution in [1.29, 1.82) is 0 Å². The summed E-state index contributed by atoms with van der Waals surface area (Å²) in [6.45, 7) is 6.00. The number of carboxylic acid groups (broad SMARTS) is 1. The van der Waals surface area contributed by atoms with Crippen molar-refractivity contribution >= 4 is 22.8 Å². The van der Waals surface area contributed by atoms with Gasteiger partial charge in [0.25, 0.3) is 5.91 Å². The van der Waals surface area contributed by atoms with Gasteiger partial charge in [0.15, 0.2) is 6.10 Å². The average molecular weight is 414 g/mol. The third-order valence-electron chi connectivity index (χ3n) is 5.83. The second-order valence-corrected chi connectivity index (χ2v) is 8.12. The molecule has 1 amide bonds. The first-order valence-electron chi connectivity index (χ1n) is 10.5. The maximum absolute atomic E-state index is 12.6. The van der Waals surface area contributed by atoms with Crippen molar-refractivity contribution in [2.75, 3.05) is 6.54 Å². The number of carbonyl (C=O) groups is 2. The van der Waals surface area contributed by atoms with Crippen molar-refractivity contribution in [1.82, 2.24) is 5.32 Å². The minimum absolute atomic E-state index is 0.234. The molecule has 0 bridgehead atoms. The lowest BCUT2D eigenvalue weighted by Gasteiger charge is -2.29. The molecule has 162 valence electrons. The van der Waals surface area contributed by atoms with Gasteiger partial charge in [0.05, 0.1) is 5.39 Å². The van der Waals surface area contributed by atoms with Gasteiger partial charge in [0.2, 0.25) is 0 Å². The Morgan fingerprint density at radius 2 is 1.93 bits per heavy atom. The van der Waals surface area contributed by atoms with Crippen molar-refractivity contribution in [2.45, 2.75) is 59.0 Å². The molecule has 1 aromatic heterocycles. The lowest BCUT2D eigenvalue weighted by atomic mass is 9.82. The summed E-state index contributed by atoms with van der Waals surface area (Å²) in [5, 5.41) is 14.6. The first-order valence-corrected chi connectivity index (χ1v) is 10.5. The van der Waals surface area contributed by atoms with Gasteiger partial charge in [-0.3, -0.25) is 4.79 Å². The number of amides is 1. The Balaban J connectivity index is 1.66. The van der Waals surface area contributed by atoms with Crippen LogP contribution in [-0.4, -0.2) is 24.5 Å². The van der Waals surface area contributed by atoms with E-state index in [1.807, 2.05) is 19.9 Å². The zero-order valence-electron chi connectivity index (χ0n) is 17.7. The fourth-order valence-electron chi connectivity index (χ4n) is 4.08. The molecule has 1 heterocycles. The third-order valence-corrected chi connectivity index (χ3v) is 5.83. The number of aryl methyl sites for hydroxylation is 2. The Hall–Kier alpha value is -2.83. The highest BCUT2D eigenvalue weighted by Gasteiger charge is 2.24. The number of benzene rings is 1. The minimum atomic E-state index is -0.979. The summed E-state index contributed by atoms with van der Waals surface area (Å²) >= 11 is 0. The van der Waals surface area contributed by atoms with E-state index in [0.29, 0.717) is 42.5 Å². The number of rotatable bonds is 7. The minimum Gasteiger partial charge on any atom is -0.550 e. The Morgan fingerprint density at radius 1 is 1.23 bits per heavy atom. The van der Waals surface area contributed by atoms with Crippen LogP contribution in [-0.2, 0) is 16.0 Å². The van der Waals surface area contributed by atoms with E-state index < -0.39 is 17.7 Å². The van der Waals surface area contributed by atoms with Crippen molar-refractivity contribution in [3.05, 3.63) is 39.7 Å². The molecule has 3 rings (SSSR count). The fraction of sp³-hybridized carbons (Fsp3) is 0.522. The maximum atomic E-state index is 12.6. The zero-order valence-corrected chi connectivity index (χ0v) is 17.7. The summed E-state index contributed by atoms with van der Waals surface area (Å²) in [6.07, 6.45) is 2.61. The summed E-state index contributed by atoms with van der Waals surface area (Å²) < 4.78 is 11.3. The molecule has 2 aromatic rings. The highest BCUT2D eigenvalue weighted by molar-refractivity contribution is 5.88. The van der Waals surface area contributed by atoms with Gasteiger partial charge in [-0.25, -0.2) is 4.79 Å². The van der Waals surface area contributed by atoms with Crippen molar-refractivity contribution in [2.24, 2.45) is 11.8 Å². The van der Waals surface area contributed by atoms with Crippen LogP contribution in [0, 0.1) is 18.8 Å². The fourth-order valence-corrected chi connectivity index (χ4v) is 4.08. The summed E-state index contributed by atoms with van der Waals surface area (Å²) in [5.74, 6) is -0.809. The lowest BCUT2D eigenvalue weighted by Crippen LogP contribution is -2.40. The van der Waals surface area contributed by atoms with E-state index in [9.17, 15) is 19.5 Å². The molecule has 30 heavy (non-hydrogen) atoms. The van der Waals surface area contributed by atoms with Crippen LogP contribution in [0.5, 0.6) is 5.75 Å². The molecule has 7 heteroatoms. The van der Waals surface area contributed by atoms with E-state index in [0.717, 1.165) is 24.0 Å². The molecular formula is C23H28NO6-. The Kier molecular flexibility index (Phi) is 6.80. The molecule has 1 aliphatic rings. The van der Waals surface area contributed by atoms with Gasteiger partial charge in [-0.15, -0.1) is 0 Å². The van der Waals surface area contributed by atoms with Gasteiger partial charge < -0.3 is 24.4 Å². The largest absolute Gasteiger partial charge is 0.550 e. The van der Waals surface area contributed by atoms with Crippen LogP contribution in [0.2, 0.25) is 0 Å². The molecule has 1 aromatic carbocycles. The first-order chi connectivity index (χ1) is 14.3. The summed E-state index contributed by atoms with van der Waals surface area (Å²) in [6, 6.07) is 5.08. The molecule has 0 spiro atoms. The smallest absolute Gasteiger partial charge is 0.336 e. The maximum Gasteiger partial charge on any atom is 0.336 e. The number of carbonyl (C=O) groups excluding carboxylic acids is 2. The Bertz CT molecular complexity index is 987. The standard InChI is InChI=1S/C23H29NO6/c1-4-16-11-20(25)30-19-10-13(2)9-18(21(16)19)29-14(3)22(26)24-12-15-5-7-17(8-6-15)23(27)28/h9-11,14-15,17H,4-8,12H2,1-3H3,(H,24,26)(H,27,28)/p-1/t14-,15?,17?/m0/s1. The lowest BCUT2D eigenvalue weighted by molar-refractivity contribution is -0.312. The zero-order chi connectivity index (χ0) is 21.8. The number of carboxylic acids is 1. The Labute approximate surface area is 175 Å². The molecule has 1 atom stereocenters. The molecule has 1 N–H and O–H groups in total. The van der Waals surface area contributed by atoms with Crippen LogP contribution in [0.4, 0.5) is 0 Å². The summed E-state index contributed by atoms with van der Waals surface area (Å²) in [7, 11) is 0. The number of ether oxygens (including phenoxy) is 1. The van der Waals surface area contributed by atoms with E-state index >= 15 is 0 Å². The van der Waals surface area contributed by atoms with Crippen LogP contribution in [0.3, 0.4) is 0 Å². The SMILES string of the molecule is CCc1cc(=O)oc2cc(C)cc(O[C@@H](C)C(=O)NCC3CCC(C(=O)[O-])CC3)c12. The summed E-state index contributed by atoms with van der Waals surface area (Å²) in [5.41, 5.74) is 1.72. The highest BCUT2D eigenvalue weighted by Crippen LogP contribution is 2.31. The quantitative estimate of drug-likeness (QED) is 0.695. The number of nitrogens with one attached hydrogen (secondary N) is 1. The van der Waals surface area contributed by atoms with Crippen LogP contribution in [0.15, 0.2) is 27.4 Å².